The lowest BCUT2D eigenvalue weighted by Crippen LogP contribution is -2.56. The maximum absolute atomic E-state index is 13.8. The molecule has 0 fully saturated rings. The Morgan fingerprint density at radius 2 is 1.13 bits per heavy atom. The second kappa shape index (κ2) is 23.5. The fourth-order valence-electron chi connectivity index (χ4n) is 4.99. The number of nitrogens with one attached hydrogen (secondary N) is 3. The molecule has 0 bridgehead atoms. The first kappa shape index (κ1) is 43.3. The quantitative estimate of drug-likeness (QED) is 0.0553. The summed E-state index contributed by atoms with van der Waals surface area (Å²) in [7, 11) is 0. The molecule has 55 heavy (non-hydrogen) atoms. The van der Waals surface area contributed by atoms with Crippen molar-refractivity contribution in [3.05, 3.63) is 120 Å². The van der Waals surface area contributed by atoms with Crippen molar-refractivity contribution in [2.45, 2.75) is 76.9 Å². The van der Waals surface area contributed by atoms with Crippen LogP contribution in [0.1, 0.15) is 61.0 Å². The summed E-state index contributed by atoms with van der Waals surface area (Å²) in [6.07, 6.45) is 0.0973. The number of hydrogen-bond acceptors (Lipinski definition) is 12. The molecule has 0 heterocycles. The summed E-state index contributed by atoms with van der Waals surface area (Å²) in [5.74, 6) is -5.13. The van der Waals surface area contributed by atoms with Crippen LogP contribution in [0.5, 0.6) is 0 Å². The molecule has 0 aromatic heterocycles. The summed E-state index contributed by atoms with van der Waals surface area (Å²) in [5.41, 5.74) is 1.78. The lowest BCUT2D eigenvalue weighted by Gasteiger charge is -2.25. The molecule has 14 heteroatoms. The minimum absolute atomic E-state index is 0.0172. The fourth-order valence-corrected chi connectivity index (χ4v) is 4.99. The summed E-state index contributed by atoms with van der Waals surface area (Å²) in [6, 6.07) is 21.0. The molecule has 3 rings (SSSR count). The van der Waals surface area contributed by atoms with Crippen molar-refractivity contribution in [3.8, 4) is 0 Å². The Kier molecular flexibility index (Phi) is 18.5. The van der Waals surface area contributed by atoms with Gasteiger partial charge in [-0.25, -0.2) is 4.79 Å². The molecule has 0 aliphatic rings. The molecule has 3 N–H and O–H groups in total. The van der Waals surface area contributed by atoms with Gasteiger partial charge in [-0.2, -0.15) is 0 Å². The molecule has 0 radical (unpaired) electrons. The number of Topliss-reactive ketones (excluding diaryl/α,β-unsaturated/α-hetero) is 1. The minimum atomic E-state index is -1.46. The van der Waals surface area contributed by atoms with Gasteiger partial charge in [-0.05, 0) is 37.8 Å². The van der Waals surface area contributed by atoms with Crippen molar-refractivity contribution < 1.29 is 52.5 Å². The van der Waals surface area contributed by atoms with E-state index in [0.29, 0.717) is 5.56 Å². The van der Waals surface area contributed by atoms with Crippen molar-refractivity contribution >= 4 is 41.5 Å². The SMILES string of the molecule is C=CC(N[C@@H](C)C(=O)N[C@@H](CCC(=O)OCc1ccccc1)C(=O)N[C@@H](CCC(=O)OCc1ccccc1)C(=O)OCC(=O)c1ccccc1)C(=O)OCC. The van der Waals surface area contributed by atoms with Crippen molar-refractivity contribution in [2.24, 2.45) is 0 Å². The zero-order chi connectivity index (χ0) is 40.0. The number of carbonyl (C=O) groups excluding carboxylic acids is 7. The molecular formula is C41H47N3O11. The molecule has 0 saturated heterocycles. The van der Waals surface area contributed by atoms with Crippen molar-refractivity contribution in [1.29, 1.82) is 0 Å². The van der Waals surface area contributed by atoms with Crippen LogP contribution >= 0.6 is 0 Å². The van der Waals surface area contributed by atoms with Gasteiger partial charge in [0.1, 0.15) is 31.3 Å². The Morgan fingerprint density at radius 3 is 1.64 bits per heavy atom. The van der Waals surface area contributed by atoms with Gasteiger partial charge >= 0.3 is 23.9 Å². The van der Waals surface area contributed by atoms with Crippen LogP contribution in [0.3, 0.4) is 0 Å². The van der Waals surface area contributed by atoms with Gasteiger partial charge in [0.15, 0.2) is 12.4 Å². The van der Waals surface area contributed by atoms with Gasteiger partial charge < -0.3 is 29.6 Å². The second-order valence-corrected chi connectivity index (χ2v) is 12.2. The Labute approximate surface area is 319 Å². The lowest BCUT2D eigenvalue weighted by molar-refractivity contribution is -0.150. The molecule has 3 aromatic carbocycles. The largest absolute Gasteiger partial charge is 0.465 e. The van der Waals surface area contributed by atoms with Crippen LogP contribution in [-0.4, -0.2) is 78.9 Å². The molecule has 1 unspecified atom stereocenters. The molecule has 0 aliphatic heterocycles. The number of carbonyl (C=O) groups is 7. The van der Waals surface area contributed by atoms with E-state index < -0.39 is 72.2 Å². The number of benzene rings is 3. The summed E-state index contributed by atoms with van der Waals surface area (Å²) in [4.78, 5) is 90.9. The third-order valence-corrected chi connectivity index (χ3v) is 8.03. The van der Waals surface area contributed by atoms with Crippen molar-refractivity contribution in [1.82, 2.24) is 16.0 Å². The van der Waals surface area contributed by atoms with E-state index in [4.69, 9.17) is 18.9 Å². The van der Waals surface area contributed by atoms with E-state index in [2.05, 4.69) is 22.5 Å². The lowest BCUT2D eigenvalue weighted by atomic mass is 10.1. The van der Waals surface area contributed by atoms with Crippen LogP contribution in [0.25, 0.3) is 0 Å². The van der Waals surface area contributed by atoms with Gasteiger partial charge in [0.2, 0.25) is 11.8 Å². The standard InChI is InChI=1S/C41H47N3O11/c1-4-32(40(50)52-5-2)42-28(3)38(48)43-33(21-23-36(46)53-25-29-15-9-6-10-16-29)39(49)44-34(22-24-37(47)54-26-30-17-11-7-12-18-30)41(51)55-27-35(45)31-19-13-8-14-20-31/h4,6-20,28,32-34,42H,1,5,21-27H2,2-3H3,(H,43,48)(H,44,49)/t28-,32?,33-,34-/m0/s1. The number of amides is 2. The van der Waals surface area contributed by atoms with Gasteiger partial charge in [-0.1, -0.05) is 97.1 Å². The molecule has 14 nitrogen and oxygen atoms in total. The third kappa shape index (κ3) is 15.8. The molecule has 0 aliphatic carbocycles. The number of ketones is 1. The van der Waals surface area contributed by atoms with E-state index in [1.807, 2.05) is 12.1 Å². The van der Waals surface area contributed by atoms with E-state index in [-0.39, 0.29) is 45.5 Å². The second-order valence-electron chi connectivity index (χ2n) is 12.2. The number of esters is 4. The number of ether oxygens (including phenoxy) is 4. The summed E-state index contributed by atoms with van der Waals surface area (Å²) in [5, 5.41) is 7.84. The molecule has 2 amide bonds. The average molecular weight is 758 g/mol. The minimum Gasteiger partial charge on any atom is -0.465 e. The van der Waals surface area contributed by atoms with Gasteiger partial charge in [0.05, 0.1) is 12.6 Å². The predicted octanol–water partition coefficient (Wildman–Crippen LogP) is 3.53. The monoisotopic (exact) mass is 757 g/mol. The van der Waals surface area contributed by atoms with E-state index in [0.717, 1.165) is 11.1 Å². The summed E-state index contributed by atoms with van der Waals surface area (Å²) >= 11 is 0. The Hall–Kier alpha value is -6.15. The third-order valence-electron chi connectivity index (χ3n) is 8.03. The van der Waals surface area contributed by atoms with Crippen LogP contribution < -0.4 is 16.0 Å². The van der Waals surface area contributed by atoms with Gasteiger partial charge in [-0.15, -0.1) is 6.58 Å². The first-order valence-electron chi connectivity index (χ1n) is 17.8. The highest BCUT2D eigenvalue weighted by Crippen LogP contribution is 2.10. The van der Waals surface area contributed by atoms with E-state index >= 15 is 0 Å². The Bertz CT molecular complexity index is 1740. The first-order valence-corrected chi connectivity index (χ1v) is 17.8. The fraction of sp³-hybridized carbons (Fsp3) is 0.341. The zero-order valence-corrected chi connectivity index (χ0v) is 30.9. The number of rotatable bonds is 23. The normalized spacial score (nSPS) is 12.8. The maximum Gasteiger partial charge on any atom is 0.329 e. The Balaban J connectivity index is 1.75. The van der Waals surface area contributed by atoms with E-state index in [1.165, 1.54) is 13.0 Å². The topological polar surface area (TPSA) is 192 Å². The van der Waals surface area contributed by atoms with Crippen molar-refractivity contribution in [2.75, 3.05) is 13.2 Å². The van der Waals surface area contributed by atoms with Gasteiger partial charge in [-0.3, -0.25) is 34.1 Å². The first-order chi connectivity index (χ1) is 26.5. The van der Waals surface area contributed by atoms with Gasteiger partial charge in [0.25, 0.3) is 0 Å². The molecule has 0 spiro atoms. The molecule has 0 saturated carbocycles. The highest BCUT2D eigenvalue weighted by atomic mass is 16.5. The zero-order valence-electron chi connectivity index (χ0n) is 30.9. The van der Waals surface area contributed by atoms with Crippen LogP contribution in [0.15, 0.2) is 104 Å². The molecular weight excluding hydrogens is 710 g/mol. The van der Waals surface area contributed by atoms with E-state index in [1.54, 1.807) is 85.8 Å². The van der Waals surface area contributed by atoms with Crippen LogP contribution in [0.4, 0.5) is 0 Å². The van der Waals surface area contributed by atoms with Crippen LogP contribution in [0, 0.1) is 0 Å². The molecule has 3 aromatic rings. The van der Waals surface area contributed by atoms with Gasteiger partial charge in [0, 0.05) is 18.4 Å². The van der Waals surface area contributed by atoms with Crippen LogP contribution in [0.2, 0.25) is 0 Å². The predicted molar refractivity (Wildman–Crippen MR) is 200 cm³/mol. The number of hydrogen-bond donors (Lipinski definition) is 3. The molecule has 292 valence electrons. The molecule has 4 atom stereocenters. The highest BCUT2D eigenvalue weighted by Gasteiger charge is 2.31. The highest BCUT2D eigenvalue weighted by molar-refractivity contribution is 5.98. The van der Waals surface area contributed by atoms with E-state index in [9.17, 15) is 33.6 Å². The summed E-state index contributed by atoms with van der Waals surface area (Å²) < 4.78 is 20.9. The Morgan fingerprint density at radius 1 is 0.636 bits per heavy atom. The summed E-state index contributed by atoms with van der Waals surface area (Å²) in [6.45, 7) is 6.09. The average Bonchev–Trinajstić information content (AvgIpc) is 3.21. The smallest absolute Gasteiger partial charge is 0.329 e. The van der Waals surface area contributed by atoms with Crippen LogP contribution in [-0.2, 0) is 60.9 Å². The maximum atomic E-state index is 13.8. The van der Waals surface area contributed by atoms with Crippen molar-refractivity contribution in [3.63, 3.8) is 0 Å².